The van der Waals surface area contributed by atoms with E-state index in [0.29, 0.717) is 24.6 Å². The smallest absolute Gasteiger partial charge is 0.271 e. The van der Waals surface area contributed by atoms with Crippen molar-refractivity contribution in [3.05, 3.63) is 41.3 Å². The molecule has 0 atom stereocenters. The summed E-state index contributed by atoms with van der Waals surface area (Å²) in [5, 5.41) is 1.59. The van der Waals surface area contributed by atoms with Crippen molar-refractivity contribution in [1.29, 1.82) is 0 Å². The fourth-order valence-corrected chi connectivity index (χ4v) is 4.11. The first-order valence-corrected chi connectivity index (χ1v) is 8.61. The highest BCUT2D eigenvalue weighted by Gasteiger charge is 2.20. The van der Waals surface area contributed by atoms with Crippen LogP contribution in [0.1, 0.15) is 11.9 Å². The zero-order chi connectivity index (χ0) is 14.9. The molecule has 1 aromatic carbocycles. The van der Waals surface area contributed by atoms with Gasteiger partial charge in [-0.3, -0.25) is 4.72 Å². The van der Waals surface area contributed by atoms with E-state index in [4.69, 9.17) is 15.2 Å². The van der Waals surface area contributed by atoms with Crippen LogP contribution in [-0.2, 0) is 19.5 Å². The molecular weight excluding hydrogens is 312 g/mol. The molecule has 21 heavy (non-hydrogen) atoms. The van der Waals surface area contributed by atoms with Crippen LogP contribution in [-0.4, -0.2) is 21.6 Å². The SMILES string of the molecule is Nc1csc(S(=O)(=O)Nc2cccc(C3OCCO3)c2)c1. The molecule has 8 heteroatoms. The number of sulfonamides is 1. The standard InChI is InChI=1S/C13H14N2O4S2/c14-10-7-12(20-8-10)21(16,17)15-11-3-1-2-9(6-11)13-18-4-5-19-13/h1-3,6-8,13,15H,4-5,14H2. The molecule has 3 rings (SSSR count). The molecular formula is C13H14N2O4S2. The molecule has 1 aromatic heterocycles. The van der Waals surface area contributed by atoms with Crippen molar-refractivity contribution in [1.82, 2.24) is 0 Å². The minimum Gasteiger partial charge on any atom is -0.398 e. The van der Waals surface area contributed by atoms with Crippen LogP contribution in [0.25, 0.3) is 0 Å². The van der Waals surface area contributed by atoms with Gasteiger partial charge in [0.05, 0.1) is 13.2 Å². The molecule has 0 radical (unpaired) electrons. The molecule has 2 heterocycles. The van der Waals surface area contributed by atoms with Crippen molar-refractivity contribution in [3.8, 4) is 0 Å². The third-order valence-corrected chi connectivity index (χ3v) is 5.73. The molecule has 112 valence electrons. The average molecular weight is 326 g/mol. The third kappa shape index (κ3) is 3.18. The average Bonchev–Trinajstić information content (AvgIpc) is 3.09. The van der Waals surface area contributed by atoms with Crippen LogP contribution in [0.3, 0.4) is 0 Å². The highest BCUT2D eigenvalue weighted by molar-refractivity contribution is 7.94. The third-order valence-electron chi connectivity index (χ3n) is 2.89. The van der Waals surface area contributed by atoms with Gasteiger partial charge in [-0.2, -0.15) is 0 Å². The summed E-state index contributed by atoms with van der Waals surface area (Å²) >= 11 is 1.08. The Morgan fingerprint density at radius 2 is 2.00 bits per heavy atom. The molecule has 1 aliphatic rings. The van der Waals surface area contributed by atoms with E-state index in [1.54, 1.807) is 23.6 Å². The van der Waals surface area contributed by atoms with Gasteiger partial charge in [0.15, 0.2) is 6.29 Å². The van der Waals surface area contributed by atoms with E-state index < -0.39 is 16.3 Å². The number of ether oxygens (including phenoxy) is 2. The van der Waals surface area contributed by atoms with Gasteiger partial charge in [0, 0.05) is 22.3 Å². The first-order valence-electron chi connectivity index (χ1n) is 6.24. The maximum atomic E-state index is 12.2. The Labute approximate surface area is 126 Å². The lowest BCUT2D eigenvalue weighted by Gasteiger charge is -2.12. The molecule has 0 unspecified atom stereocenters. The lowest BCUT2D eigenvalue weighted by atomic mass is 10.2. The quantitative estimate of drug-likeness (QED) is 0.898. The number of nitrogens with two attached hydrogens (primary N) is 1. The Hall–Kier alpha value is -1.61. The normalized spacial score (nSPS) is 16.2. The summed E-state index contributed by atoms with van der Waals surface area (Å²) < 4.78 is 38.0. The van der Waals surface area contributed by atoms with E-state index in [1.807, 2.05) is 6.07 Å². The Bertz CT molecular complexity index is 736. The summed E-state index contributed by atoms with van der Waals surface area (Å²) in [6.07, 6.45) is -0.438. The van der Waals surface area contributed by atoms with Crippen LogP contribution in [0.15, 0.2) is 39.9 Å². The van der Waals surface area contributed by atoms with Gasteiger partial charge in [0.1, 0.15) is 4.21 Å². The number of hydrogen-bond acceptors (Lipinski definition) is 6. The van der Waals surface area contributed by atoms with Gasteiger partial charge in [-0.15, -0.1) is 11.3 Å². The first-order chi connectivity index (χ1) is 10.0. The van der Waals surface area contributed by atoms with Gasteiger partial charge < -0.3 is 15.2 Å². The minimum absolute atomic E-state index is 0.179. The Morgan fingerprint density at radius 1 is 1.24 bits per heavy atom. The van der Waals surface area contributed by atoms with Crippen LogP contribution < -0.4 is 10.5 Å². The minimum atomic E-state index is -3.63. The van der Waals surface area contributed by atoms with Gasteiger partial charge >= 0.3 is 0 Å². The number of nitrogens with one attached hydrogen (secondary N) is 1. The molecule has 2 aromatic rings. The van der Waals surface area contributed by atoms with Crippen molar-refractivity contribution in [3.63, 3.8) is 0 Å². The highest BCUT2D eigenvalue weighted by atomic mass is 32.2. The molecule has 0 bridgehead atoms. The fourth-order valence-electron chi connectivity index (χ4n) is 1.98. The second-order valence-corrected chi connectivity index (χ2v) is 7.32. The van der Waals surface area contributed by atoms with E-state index in [-0.39, 0.29) is 4.21 Å². The summed E-state index contributed by atoms with van der Waals surface area (Å²) in [7, 11) is -3.63. The number of benzene rings is 1. The summed E-state index contributed by atoms with van der Waals surface area (Å²) in [6, 6.07) is 8.38. The molecule has 1 fully saturated rings. The largest absolute Gasteiger partial charge is 0.398 e. The lowest BCUT2D eigenvalue weighted by Crippen LogP contribution is -2.12. The number of hydrogen-bond donors (Lipinski definition) is 2. The maximum Gasteiger partial charge on any atom is 0.271 e. The molecule has 0 saturated carbocycles. The summed E-state index contributed by atoms with van der Waals surface area (Å²) in [4.78, 5) is 0. The van der Waals surface area contributed by atoms with E-state index in [9.17, 15) is 8.42 Å². The molecule has 1 aliphatic heterocycles. The van der Waals surface area contributed by atoms with Crippen molar-refractivity contribution in [2.45, 2.75) is 10.5 Å². The Morgan fingerprint density at radius 3 is 2.67 bits per heavy atom. The summed E-state index contributed by atoms with van der Waals surface area (Å²) in [6.45, 7) is 1.07. The summed E-state index contributed by atoms with van der Waals surface area (Å²) in [5.74, 6) is 0. The van der Waals surface area contributed by atoms with Crippen LogP contribution >= 0.6 is 11.3 Å². The zero-order valence-corrected chi connectivity index (χ0v) is 12.6. The summed E-state index contributed by atoms with van der Waals surface area (Å²) in [5.41, 5.74) is 7.23. The predicted molar refractivity (Wildman–Crippen MR) is 80.6 cm³/mol. The van der Waals surface area contributed by atoms with Gasteiger partial charge in [0.25, 0.3) is 10.0 Å². The zero-order valence-electron chi connectivity index (χ0n) is 11.0. The van der Waals surface area contributed by atoms with Crippen molar-refractivity contribution in [2.24, 2.45) is 0 Å². The lowest BCUT2D eigenvalue weighted by molar-refractivity contribution is -0.0440. The van der Waals surface area contributed by atoms with Crippen LogP contribution in [0, 0.1) is 0 Å². The molecule has 1 saturated heterocycles. The Balaban J connectivity index is 1.83. The second kappa shape index (κ2) is 5.64. The molecule has 0 amide bonds. The number of anilines is 2. The number of nitrogen functional groups attached to an aromatic ring is 1. The second-order valence-electron chi connectivity index (χ2n) is 4.50. The van der Waals surface area contributed by atoms with E-state index in [1.165, 1.54) is 6.07 Å². The topological polar surface area (TPSA) is 90.7 Å². The molecule has 0 spiro atoms. The van der Waals surface area contributed by atoms with Gasteiger partial charge in [-0.25, -0.2) is 8.42 Å². The molecule has 6 nitrogen and oxygen atoms in total. The first kappa shape index (κ1) is 14.3. The number of thiophene rings is 1. The van der Waals surface area contributed by atoms with Gasteiger partial charge in [-0.05, 0) is 18.2 Å². The van der Waals surface area contributed by atoms with Gasteiger partial charge in [0.2, 0.25) is 0 Å². The molecule has 0 aliphatic carbocycles. The van der Waals surface area contributed by atoms with Crippen LogP contribution in [0.2, 0.25) is 0 Å². The van der Waals surface area contributed by atoms with E-state index in [0.717, 1.165) is 16.9 Å². The van der Waals surface area contributed by atoms with Crippen molar-refractivity contribution < 1.29 is 17.9 Å². The highest BCUT2D eigenvalue weighted by Crippen LogP contribution is 2.28. The number of rotatable bonds is 4. The Kier molecular flexibility index (Phi) is 3.85. The maximum absolute atomic E-state index is 12.2. The van der Waals surface area contributed by atoms with Crippen LogP contribution in [0.4, 0.5) is 11.4 Å². The monoisotopic (exact) mass is 326 g/mol. The van der Waals surface area contributed by atoms with Crippen LogP contribution in [0.5, 0.6) is 0 Å². The van der Waals surface area contributed by atoms with Gasteiger partial charge in [-0.1, -0.05) is 12.1 Å². The van der Waals surface area contributed by atoms with Crippen molar-refractivity contribution in [2.75, 3.05) is 23.7 Å². The fraction of sp³-hybridized carbons (Fsp3) is 0.231. The molecule has 3 N–H and O–H groups in total. The van der Waals surface area contributed by atoms with E-state index >= 15 is 0 Å². The van der Waals surface area contributed by atoms with Crippen molar-refractivity contribution >= 4 is 32.7 Å². The van der Waals surface area contributed by atoms with E-state index in [2.05, 4.69) is 4.72 Å². The predicted octanol–water partition coefficient (Wildman–Crippen LogP) is 2.18.